The Labute approximate surface area is 142 Å². The SMILES string of the molecule is CCCCCCCCCCCCCCN(P=O)C(CO)C(=O)O. The van der Waals surface area contributed by atoms with Gasteiger partial charge >= 0.3 is 5.97 Å². The predicted octanol–water partition coefficient (Wildman–Crippen LogP) is 4.64. The third kappa shape index (κ3) is 12.6. The molecular formula is C17H34NO4P. The van der Waals surface area contributed by atoms with E-state index in [0.717, 1.165) is 19.3 Å². The first kappa shape index (κ1) is 22.5. The van der Waals surface area contributed by atoms with Gasteiger partial charge in [0.15, 0.2) is 0 Å². The van der Waals surface area contributed by atoms with E-state index in [9.17, 15) is 9.36 Å². The first-order chi connectivity index (χ1) is 11.2. The second kappa shape index (κ2) is 16.4. The molecule has 1 atom stereocenters. The van der Waals surface area contributed by atoms with E-state index in [2.05, 4.69) is 6.92 Å². The maximum absolute atomic E-state index is 11.0. The van der Waals surface area contributed by atoms with Crippen molar-refractivity contribution >= 4 is 14.6 Å². The Hall–Kier alpha value is -0.510. The van der Waals surface area contributed by atoms with Crippen LogP contribution in [0.5, 0.6) is 0 Å². The Morgan fingerprint density at radius 2 is 1.35 bits per heavy atom. The molecule has 0 rings (SSSR count). The lowest BCUT2D eigenvalue weighted by atomic mass is 10.1. The Morgan fingerprint density at radius 3 is 1.70 bits per heavy atom. The summed E-state index contributed by atoms with van der Waals surface area (Å²) in [5, 5.41) is 17.9. The van der Waals surface area contributed by atoms with Crippen molar-refractivity contribution in [3.8, 4) is 0 Å². The molecule has 0 aromatic rings. The monoisotopic (exact) mass is 347 g/mol. The summed E-state index contributed by atoms with van der Waals surface area (Å²) in [5.74, 6) is -1.13. The van der Waals surface area contributed by atoms with Gasteiger partial charge in [-0.1, -0.05) is 77.6 Å². The second-order valence-corrected chi connectivity index (χ2v) is 6.85. The molecule has 0 radical (unpaired) electrons. The molecule has 0 aliphatic heterocycles. The summed E-state index contributed by atoms with van der Waals surface area (Å²) in [7, 11) is -0.330. The van der Waals surface area contributed by atoms with Gasteiger partial charge in [-0.3, -0.25) is 9.36 Å². The normalized spacial score (nSPS) is 12.8. The van der Waals surface area contributed by atoms with Gasteiger partial charge in [0.25, 0.3) is 0 Å². The van der Waals surface area contributed by atoms with Gasteiger partial charge in [0, 0.05) is 6.54 Å². The highest BCUT2D eigenvalue weighted by molar-refractivity contribution is 7.20. The first-order valence-corrected chi connectivity index (χ1v) is 9.87. The molecule has 6 heteroatoms. The number of unbranched alkanes of at least 4 members (excludes halogenated alkanes) is 11. The molecule has 0 spiro atoms. The van der Waals surface area contributed by atoms with Gasteiger partial charge < -0.3 is 10.2 Å². The van der Waals surface area contributed by atoms with Gasteiger partial charge in [-0.2, -0.15) is 0 Å². The highest BCUT2D eigenvalue weighted by Crippen LogP contribution is 2.15. The van der Waals surface area contributed by atoms with E-state index in [1.165, 1.54) is 62.5 Å². The molecule has 0 saturated carbocycles. The van der Waals surface area contributed by atoms with E-state index in [1.807, 2.05) is 0 Å². The van der Waals surface area contributed by atoms with E-state index in [1.54, 1.807) is 0 Å². The van der Waals surface area contributed by atoms with Crippen LogP contribution in [0.3, 0.4) is 0 Å². The van der Waals surface area contributed by atoms with Gasteiger partial charge in [-0.25, -0.2) is 4.67 Å². The predicted molar refractivity (Wildman–Crippen MR) is 93.9 cm³/mol. The van der Waals surface area contributed by atoms with E-state index in [-0.39, 0.29) is 8.61 Å². The smallest absolute Gasteiger partial charge is 0.324 e. The summed E-state index contributed by atoms with van der Waals surface area (Å²) in [6.07, 6.45) is 14.9. The van der Waals surface area contributed by atoms with Crippen LogP contribution in [0.4, 0.5) is 0 Å². The topological polar surface area (TPSA) is 77.8 Å². The maximum Gasteiger partial charge on any atom is 0.324 e. The van der Waals surface area contributed by atoms with Crippen LogP contribution in [-0.2, 0) is 9.36 Å². The molecule has 136 valence electrons. The van der Waals surface area contributed by atoms with Crippen LogP contribution in [0.15, 0.2) is 0 Å². The largest absolute Gasteiger partial charge is 0.480 e. The number of aliphatic carboxylic acids is 1. The van der Waals surface area contributed by atoms with E-state index < -0.39 is 18.6 Å². The molecule has 23 heavy (non-hydrogen) atoms. The molecule has 0 saturated heterocycles. The van der Waals surface area contributed by atoms with E-state index in [0.29, 0.717) is 6.54 Å². The van der Waals surface area contributed by atoms with Crippen molar-refractivity contribution in [2.45, 2.75) is 90.0 Å². The average molecular weight is 347 g/mol. The van der Waals surface area contributed by atoms with Crippen molar-refractivity contribution in [3.63, 3.8) is 0 Å². The summed E-state index contributed by atoms with van der Waals surface area (Å²) in [4.78, 5) is 10.9. The van der Waals surface area contributed by atoms with Gasteiger partial charge in [-0.05, 0) is 6.42 Å². The van der Waals surface area contributed by atoms with Crippen LogP contribution in [-0.4, -0.2) is 40.0 Å². The van der Waals surface area contributed by atoms with Crippen molar-refractivity contribution in [2.75, 3.05) is 13.2 Å². The van der Waals surface area contributed by atoms with Crippen LogP contribution < -0.4 is 0 Å². The van der Waals surface area contributed by atoms with Gasteiger partial charge in [0.2, 0.25) is 8.61 Å². The minimum Gasteiger partial charge on any atom is -0.480 e. The number of carbonyl (C=O) groups is 1. The van der Waals surface area contributed by atoms with Crippen LogP contribution in [0.1, 0.15) is 84.0 Å². The molecule has 1 unspecified atom stereocenters. The summed E-state index contributed by atoms with van der Waals surface area (Å²) >= 11 is 0. The molecule has 0 aliphatic carbocycles. The summed E-state index contributed by atoms with van der Waals surface area (Å²) in [6.45, 7) is 2.17. The number of hydrogen-bond acceptors (Lipinski definition) is 3. The third-order valence-corrected chi connectivity index (χ3v) is 4.85. The van der Waals surface area contributed by atoms with Crippen molar-refractivity contribution in [2.24, 2.45) is 0 Å². The zero-order chi connectivity index (χ0) is 17.3. The minimum atomic E-state index is -1.13. The Bertz CT molecular complexity index is 302. The zero-order valence-electron chi connectivity index (χ0n) is 14.6. The molecule has 0 amide bonds. The van der Waals surface area contributed by atoms with Crippen LogP contribution in [0, 0.1) is 0 Å². The Morgan fingerprint density at radius 1 is 0.913 bits per heavy atom. The van der Waals surface area contributed by atoms with Crippen molar-refractivity contribution in [1.82, 2.24) is 4.67 Å². The molecule has 0 heterocycles. The van der Waals surface area contributed by atoms with Crippen LogP contribution >= 0.6 is 8.61 Å². The Balaban J connectivity index is 3.47. The number of hydrogen-bond donors (Lipinski definition) is 2. The molecule has 0 aliphatic rings. The number of aliphatic hydroxyl groups is 1. The molecule has 5 nitrogen and oxygen atoms in total. The first-order valence-electron chi connectivity index (χ1n) is 9.10. The molecular weight excluding hydrogens is 313 g/mol. The summed E-state index contributed by atoms with van der Waals surface area (Å²) in [6, 6.07) is -1.07. The van der Waals surface area contributed by atoms with Gasteiger partial charge in [-0.15, -0.1) is 0 Å². The number of carboxylic acid groups (broad SMARTS) is 1. The van der Waals surface area contributed by atoms with Crippen molar-refractivity contribution in [3.05, 3.63) is 0 Å². The maximum atomic E-state index is 11.0. The van der Waals surface area contributed by atoms with E-state index in [4.69, 9.17) is 10.2 Å². The molecule has 2 N–H and O–H groups in total. The van der Waals surface area contributed by atoms with Crippen molar-refractivity contribution in [1.29, 1.82) is 0 Å². The fourth-order valence-corrected chi connectivity index (χ4v) is 3.18. The molecule has 0 bridgehead atoms. The number of rotatable bonds is 17. The summed E-state index contributed by atoms with van der Waals surface area (Å²) < 4.78 is 12.3. The molecule has 0 aromatic heterocycles. The number of aliphatic hydroxyl groups excluding tert-OH is 1. The minimum absolute atomic E-state index is 0.330. The van der Waals surface area contributed by atoms with Crippen LogP contribution in [0.25, 0.3) is 0 Å². The third-order valence-electron chi connectivity index (χ3n) is 4.16. The lowest BCUT2D eigenvalue weighted by Crippen LogP contribution is -2.38. The van der Waals surface area contributed by atoms with E-state index >= 15 is 0 Å². The standard InChI is InChI=1S/C17H34NO4P/c1-2-3-4-5-6-7-8-9-10-11-12-13-14-18(23-22)16(15-19)17(20)21/h16,19H,2-15H2,1H3,(H,20,21). The lowest BCUT2D eigenvalue weighted by Gasteiger charge is -2.19. The van der Waals surface area contributed by atoms with Crippen LogP contribution in [0.2, 0.25) is 0 Å². The van der Waals surface area contributed by atoms with Gasteiger partial charge in [0.05, 0.1) is 6.61 Å². The highest BCUT2D eigenvalue weighted by atomic mass is 31.1. The lowest BCUT2D eigenvalue weighted by molar-refractivity contribution is -0.142. The van der Waals surface area contributed by atoms with Crippen molar-refractivity contribution < 1.29 is 19.6 Å². The molecule has 0 aromatic carbocycles. The fourth-order valence-electron chi connectivity index (χ4n) is 2.67. The summed E-state index contributed by atoms with van der Waals surface area (Å²) in [5.41, 5.74) is 0. The highest BCUT2D eigenvalue weighted by Gasteiger charge is 2.24. The van der Waals surface area contributed by atoms with Gasteiger partial charge in [0.1, 0.15) is 6.04 Å². The number of carboxylic acids is 1. The number of nitrogens with zero attached hydrogens (tertiary/aromatic N) is 1. The fraction of sp³-hybridized carbons (Fsp3) is 0.941. The zero-order valence-corrected chi connectivity index (χ0v) is 15.5. The average Bonchev–Trinajstić information content (AvgIpc) is 2.54. The Kier molecular flexibility index (Phi) is 16.0. The second-order valence-electron chi connectivity index (χ2n) is 6.17. The molecule has 0 fully saturated rings. The quantitative estimate of drug-likeness (QED) is 0.296.